The van der Waals surface area contributed by atoms with Crippen LogP contribution < -0.4 is 10.1 Å². The van der Waals surface area contributed by atoms with Crippen LogP contribution in [0.5, 0.6) is 5.75 Å². The predicted octanol–water partition coefficient (Wildman–Crippen LogP) is 3.88. The average molecular weight is 350 g/mol. The standard InChI is InChI=1S/C20H18N2O4/c1-11-8-13(4-7-19(11)26-3)18-10-16(20(24)25)15-9-14(21-12(2)23)5-6-17(15)22-18/h4-10H,1-3H3,(H,21,23)(H,24,25). The van der Waals surface area contributed by atoms with E-state index in [1.807, 2.05) is 25.1 Å². The quantitative estimate of drug-likeness (QED) is 0.745. The van der Waals surface area contributed by atoms with E-state index in [-0.39, 0.29) is 11.5 Å². The van der Waals surface area contributed by atoms with Gasteiger partial charge in [0.1, 0.15) is 5.75 Å². The van der Waals surface area contributed by atoms with Crippen LogP contribution in [0.3, 0.4) is 0 Å². The molecule has 0 fully saturated rings. The van der Waals surface area contributed by atoms with E-state index in [1.54, 1.807) is 31.4 Å². The number of aromatic carboxylic acids is 1. The Hall–Kier alpha value is -3.41. The molecule has 0 radical (unpaired) electrons. The average Bonchev–Trinajstić information content (AvgIpc) is 2.60. The van der Waals surface area contributed by atoms with Gasteiger partial charge in [-0.05, 0) is 55.0 Å². The number of carboxylic acid groups (broad SMARTS) is 1. The highest BCUT2D eigenvalue weighted by atomic mass is 16.5. The van der Waals surface area contributed by atoms with Crippen LogP contribution in [0.2, 0.25) is 0 Å². The fourth-order valence-electron chi connectivity index (χ4n) is 2.87. The molecule has 2 N–H and O–H groups in total. The summed E-state index contributed by atoms with van der Waals surface area (Å²) in [5, 5.41) is 12.8. The Morgan fingerprint density at radius 1 is 1.12 bits per heavy atom. The van der Waals surface area contributed by atoms with E-state index in [0.29, 0.717) is 22.3 Å². The molecule has 0 bridgehead atoms. The Labute approximate surface area is 150 Å². The van der Waals surface area contributed by atoms with Crippen molar-refractivity contribution in [2.75, 3.05) is 12.4 Å². The summed E-state index contributed by atoms with van der Waals surface area (Å²) in [6, 6.07) is 12.1. The predicted molar refractivity (Wildman–Crippen MR) is 99.7 cm³/mol. The number of anilines is 1. The number of carbonyl (C=O) groups excluding carboxylic acids is 1. The zero-order valence-corrected chi connectivity index (χ0v) is 14.7. The third-order valence-electron chi connectivity index (χ3n) is 4.05. The summed E-state index contributed by atoms with van der Waals surface area (Å²) in [6.07, 6.45) is 0. The van der Waals surface area contributed by atoms with Crippen molar-refractivity contribution in [2.24, 2.45) is 0 Å². The second kappa shape index (κ2) is 6.84. The van der Waals surface area contributed by atoms with Gasteiger partial charge in [-0.3, -0.25) is 4.79 Å². The summed E-state index contributed by atoms with van der Waals surface area (Å²) >= 11 is 0. The fourth-order valence-corrected chi connectivity index (χ4v) is 2.87. The molecule has 3 aromatic rings. The molecule has 1 amide bonds. The minimum absolute atomic E-state index is 0.130. The van der Waals surface area contributed by atoms with E-state index >= 15 is 0 Å². The monoisotopic (exact) mass is 350 g/mol. The summed E-state index contributed by atoms with van der Waals surface area (Å²) in [4.78, 5) is 27.6. The van der Waals surface area contributed by atoms with Crippen LogP contribution >= 0.6 is 0 Å². The smallest absolute Gasteiger partial charge is 0.336 e. The molecule has 0 atom stereocenters. The van der Waals surface area contributed by atoms with Gasteiger partial charge in [0.15, 0.2) is 0 Å². The Morgan fingerprint density at radius 2 is 1.88 bits per heavy atom. The van der Waals surface area contributed by atoms with E-state index in [2.05, 4.69) is 10.3 Å². The lowest BCUT2D eigenvalue weighted by molar-refractivity contribution is -0.114. The second-order valence-electron chi connectivity index (χ2n) is 5.96. The summed E-state index contributed by atoms with van der Waals surface area (Å²) in [5.41, 5.74) is 3.51. The van der Waals surface area contributed by atoms with Gasteiger partial charge in [-0.1, -0.05) is 0 Å². The number of hydrogen-bond donors (Lipinski definition) is 2. The van der Waals surface area contributed by atoms with Crippen molar-refractivity contribution < 1.29 is 19.4 Å². The molecule has 2 aromatic carbocycles. The zero-order valence-electron chi connectivity index (χ0n) is 14.7. The van der Waals surface area contributed by atoms with Crippen LogP contribution in [-0.2, 0) is 4.79 Å². The second-order valence-corrected chi connectivity index (χ2v) is 5.96. The van der Waals surface area contributed by atoms with Gasteiger partial charge in [-0.15, -0.1) is 0 Å². The molecule has 0 aliphatic heterocycles. The van der Waals surface area contributed by atoms with E-state index in [9.17, 15) is 14.7 Å². The van der Waals surface area contributed by atoms with Crippen molar-refractivity contribution in [1.82, 2.24) is 4.98 Å². The SMILES string of the molecule is COc1ccc(-c2cc(C(=O)O)c3cc(NC(C)=O)ccc3n2)cc1C. The molecule has 1 aromatic heterocycles. The van der Waals surface area contributed by atoms with Crippen molar-refractivity contribution >= 4 is 28.5 Å². The summed E-state index contributed by atoms with van der Waals surface area (Å²) in [6.45, 7) is 3.32. The van der Waals surface area contributed by atoms with Crippen molar-refractivity contribution in [3.8, 4) is 17.0 Å². The number of pyridine rings is 1. The van der Waals surface area contributed by atoms with E-state index in [1.165, 1.54) is 6.92 Å². The number of aromatic nitrogens is 1. The number of nitrogens with zero attached hydrogens (tertiary/aromatic N) is 1. The molecule has 1 heterocycles. The Morgan fingerprint density at radius 3 is 2.50 bits per heavy atom. The molecule has 132 valence electrons. The molecule has 0 aliphatic carbocycles. The maximum atomic E-state index is 11.8. The normalized spacial score (nSPS) is 10.6. The number of hydrogen-bond acceptors (Lipinski definition) is 4. The maximum absolute atomic E-state index is 11.8. The minimum atomic E-state index is -1.05. The molecule has 0 unspecified atom stereocenters. The number of aryl methyl sites for hydroxylation is 1. The van der Waals surface area contributed by atoms with E-state index in [0.717, 1.165) is 16.9 Å². The van der Waals surface area contributed by atoms with Crippen LogP contribution in [0, 0.1) is 6.92 Å². The fraction of sp³-hybridized carbons (Fsp3) is 0.150. The number of rotatable bonds is 4. The number of methoxy groups -OCH3 is 1. The van der Waals surface area contributed by atoms with Crippen molar-refractivity contribution in [3.63, 3.8) is 0 Å². The highest BCUT2D eigenvalue weighted by Gasteiger charge is 2.14. The highest BCUT2D eigenvalue weighted by Crippen LogP contribution is 2.29. The van der Waals surface area contributed by atoms with Gasteiger partial charge in [0.2, 0.25) is 5.91 Å². The lowest BCUT2D eigenvalue weighted by Gasteiger charge is -2.11. The largest absolute Gasteiger partial charge is 0.496 e. The minimum Gasteiger partial charge on any atom is -0.496 e. The Bertz CT molecular complexity index is 1030. The van der Waals surface area contributed by atoms with Gasteiger partial charge in [0.25, 0.3) is 0 Å². The Balaban J connectivity index is 2.18. The molecular formula is C20H18N2O4. The molecule has 0 saturated carbocycles. The number of fused-ring (bicyclic) bond motifs is 1. The number of carboxylic acids is 1. The topological polar surface area (TPSA) is 88.5 Å². The van der Waals surface area contributed by atoms with Crippen molar-refractivity contribution in [2.45, 2.75) is 13.8 Å². The molecule has 3 rings (SSSR count). The summed E-state index contributed by atoms with van der Waals surface area (Å²) in [5.74, 6) is -0.517. The molecule has 6 nitrogen and oxygen atoms in total. The summed E-state index contributed by atoms with van der Waals surface area (Å²) in [7, 11) is 1.60. The first-order valence-corrected chi connectivity index (χ1v) is 7.99. The third kappa shape index (κ3) is 3.35. The van der Waals surface area contributed by atoms with Gasteiger partial charge >= 0.3 is 5.97 Å². The van der Waals surface area contributed by atoms with Crippen LogP contribution in [-0.4, -0.2) is 29.1 Å². The first-order valence-electron chi connectivity index (χ1n) is 7.99. The molecule has 0 spiro atoms. The lowest BCUT2D eigenvalue weighted by atomic mass is 10.0. The van der Waals surface area contributed by atoms with Crippen molar-refractivity contribution in [1.29, 1.82) is 0 Å². The zero-order chi connectivity index (χ0) is 18.8. The Kier molecular flexibility index (Phi) is 4.58. The number of benzene rings is 2. The number of amides is 1. The maximum Gasteiger partial charge on any atom is 0.336 e. The number of carbonyl (C=O) groups is 2. The molecule has 26 heavy (non-hydrogen) atoms. The van der Waals surface area contributed by atoms with E-state index in [4.69, 9.17) is 4.74 Å². The van der Waals surface area contributed by atoms with Gasteiger partial charge in [-0.25, -0.2) is 9.78 Å². The van der Waals surface area contributed by atoms with Crippen LogP contribution in [0.25, 0.3) is 22.2 Å². The first kappa shape index (κ1) is 17.4. The molecular weight excluding hydrogens is 332 g/mol. The van der Waals surface area contributed by atoms with Gasteiger partial charge in [-0.2, -0.15) is 0 Å². The lowest BCUT2D eigenvalue weighted by Crippen LogP contribution is -2.06. The number of nitrogens with one attached hydrogen (secondary N) is 1. The molecule has 0 saturated heterocycles. The van der Waals surface area contributed by atoms with Gasteiger partial charge < -0.3 is 15.2 Å². The molecule has 6 heteroatoms. The third-order valence-corrected chi connectivity index (χ3v) is 4.05. The van der Waals surface area contributed by atoms with E-state index < -0.39 is 5.97 Å². The van der Waals surface area contributed by atoms with Gasteiger partial charge in [0.05, 0.1) is 23.9 Å². The van der Waals surface area contributed by atoms with Crippen LogP contribution in [0.1, 0.15) is 22.8 Å². The summed E-state index contributed by atoms with van der Waals surface area (Å²) < 4.78 is 5.26. The highest BCUT2D eigenvalue weighted by molar-refractivity contribution is 6.05. The van der Waals surface area contributed by atoms with Crippen LogP contribution in [0.4, 0.5) is 5.69 Å². The first-order chi connectivity index (χ1) is 12.4. The van der Waals surface area contributed by atoms with Crippen molar-refractivity contribution in [3.05, 3.63) is 53.6 Å². The van der Waals surface area contributed by atoms with Gasteiger partial charge in [0, 0.05) is 23.6 Å². The molecule has 0 aliphatic rings. The van der Waals surface area contributed by atoms with Crippen LogP contribution in [0.15, 0.2) is 42.5 Å². The number of ether oxygens (including phenoxy) is 1.